The predicted octanol–water partition coefficient (Wildman–Crippen LogP) is 2.03. The van der Waals surface area contributed by atoms with Gasteiger partial charge in [-0.3, -0.25) is 29.0 Å². The molecule has 0 spiro atoms. The van der Waals surface area contributed by atoms with Gasteiger partial charge in [0.25, 0.3) is 5.91 Å². The first-order valence-corrected chi connectivity index (χ1v) is 18.0. The summed E-state index contributed by atoms with van der Waals surface area (Å²) in [5.74, 6) is -8.44. The minimum absolute atomic E-state index is 0.0183. The normalized spacial score (nSPS) is 30.7. The van der Waals surface area contributed by atoms with Crippen LogP contribution in [-0.4, -0.2) is 129 Å². The average Bonchev–Trinajstić information content (AvgIpc) is 3.60. The minimum atomic E-state index is -2.95. The van der Waals surface area contributed by atoms with E-state index >= 15 is 0 Å². The molecule has 0 bridgehead atoms. The molecule has 5 aliphatic rings. The first-order valence-electron chi connectivity index (χ1n) is 17.0. The lowest BCUT2D eigenvalue weighted by Gasteiger charge is -2.55. The third kappa shape index (κ3) is 6.05. The molecule has 6 rings (SSSR count). The molecule has 14 heteroatoms. The van der Waals surface area contributed by atoms with Crippen LogP contribution in [0.4, 0.5) is 0 Å². The molecule has 1 aromatic carbocycles. The fourth-order valence-corrected chi connectivity index (χ4v) is 9.78. The van der Waals surface area contributed by atoms with Gasteiger partial charge in [-0.2, -0.15) is 11.8 Å². The van der Waals surface area contributed by atoms with Crippen LogP contribution in [0.25, 0.3) is 5.76 Å². The maximum Gasteiger partial charge on any atom is 0.305 e. The van der Waals surface area contributed by atoms with Crippen molar-refractivity contribution in [2.75, 3.05) is 52.8 Å². The molecule has 1 aliphatic heterocycles. The summed E-state index contributed by atoms with van der Waals surface area (Å²) in [4.78, 5) is 59.3. The summed E-state index contributed by atoms with van der Waals surface area (Å²) < 4.78 is 11.4. The number of carbonyl (C=O) groups excluding carboxylic acids is 4. The van der Waals surface area contributed by atoms with E-state index in [1.165, 1.54) is 11.0 Å². The quantitative estimate of drug-likeness (QED) is 0.186. The van der Waals surface area contributed by atoms with Crippen molar-refractivity contribution in [3.05, 3.63) is 46.2 Å². The number of carbonyl (C=O) groups is 4. The lowest BCUT2D eigenvalue weighted by atomic mass is 9.54. The van der Waals surface area contributed by atoms with Gasteiger partial charge in [0.2, 0.25) is 5.78 Å². The van der Waals surface area contributed by atoms with Crippen molar-refractivity contribution in [1.29, 1.82) is 0 Å². The zero-order valence-electron chi connectivity index (χ0n) is 28.0. The first kappa shape index (κ1) is 35.4. The minimum Gasteiger partial charge on any atom is -0.508 e. The molecule has 2 saturated carbocycles. The summed E-state index contributed by atoms with van der Waals surface area (Å²) in [5.41, 5.74) is -3.50. The van der Waals surface area contributed by atoms with E-state index in [2.05, 4.69) is 5.32 Å². The summed E-state index contributed by atoms with van der Waals surface area (Å²) in [6.45, 7) is 3.57. The molecule has 5 N–H and O–H groups in total. The number of morpholine rings is 1. The number of fused-ring (bicyclic) bond motifs is 3. The molecule has 0 aromatic heterocycles. The highest BCUT2D eigenvalue weighted by Crippen LogP contribution is 2.58. The van der Waals surface area contributed by atoms with Gasteiger partial charge in [-0.1, -0.05) is 31.9 Å². The Labute approximate surface area is 289 Å². The van der Waals surface area contributed by atoms with Gasteiger partial charge in [0.15, 0.2) is 11.4 Å². The highest BCUT2D eigenvalue weighted by Gasteiger charge is 2.70. The van der Waals surface area contributed by atoms with Crippen LogP contribution in [0.1, 0.15) is 56.1 Å². The van der Waals surface area contributed by atoms with Crippen molar-refractivity contribution in [3.8, 4) is 5.75 Å². The molecule has 1 heterocycles. The van der Waals surface area contributed by atoms with E-state index in [9.17, 15) is 39.6 Å². The highest BCUT2D eigenvalue weighted by atomic mass is 32.2. The molecule has 0 radical (unpaired) electrons. The number of Topliss-reactive ketones (excluding diaryl/α,β-unsaturated/α-hetero) is 2. The van der Waals surface area contributed by atoms with E-state index in [0.29, 0.717) is 42.9 Å². The van der Waals surface area contributed by atoms with Gasteiger partial charge < -0.3 is 35.2 Å². The summed E-state index contributed by atoms with van der Waals surface area (Å²) in [6, 6.07) is 3.37. The number of ether oxygens (including phenoxy) is 2. The van der Waals surface area contributed by atoms with E-state index in [1.807, 2.05) is 4.90 Å². The first-order chi connectivity index (χ1) is 23.4. The highest BCUT2D eigenvalue weighted by molar-refractivity contribution is 7.99. The van der Waals surface area contributed by atoms with E-state index in [0.717, 1.165) is 25.7 Å². The standard InChI is InChI=1S/C35H45N3O10S/c1-4-22(40)48-31-24-20(16-49-18-8-5-6-9-18)19-10-7-11-21(39)23(19)29(41)25(24)32(43)35(46)27(31)28(37(2)3)30(42)26(33(35)44)34(45)36-17-38-12-14-47-15-13-38/h7,10-11,18,20,24,27-28,31,39,41,44,46H,4-6,8-9,12-17H2,1-3H3,(H,36,45)/t20-,24+,27+,28-,31-,35-/m0/s1. The second-order valence-electron chi connectivity index (χ2n) is 13.7. The number of benzene rings is 1. The molecule has 1 aromatic rings. The van der Waals surface area contributed by atoms with Gasteiger partial charge in [0.1, 0.15) is 28.9 Å². The van der Waals surface area contributed by atoms with Crippen LogP contribution in [0.3, 0.4) is 0 Å². The van der Waals surface area contributed by atoms with Gasteiger partial charge in [-0.05, 0) is 38.6 Å². The molecular weight excluding hydrogens is 654 g/mol. The Hall–Kier alpha value is -3.43. The van der Waals surface area contributed by atoms with Gasteiger partial charge in [0, 0.05) is 47.9 Å². The maximum absolute atomic E-state index is 14.8. The Kier molecular flexibility index (Phi) is 10.2. The number of ketones is 2. The van der Waals surface area contributed by atoms with Crippen LogP contribution in [0.15, 0.2) is 35.1 Å². The lowest BCUT2D eigenvalue weighted by molar-refractivity contribution is -0.185. The SMILES string of the molecule is CCC(=O)O[C@H]1[C@H]2C(=C(O)c3c(O)cccc3[C@@H]2CSC2CCCC2)C(=O)[C@]2(O)C(O)=C(C(=O)NCN3CCOCC3)C(=O)[C@@H](N(C)C)[C@H]12. The van der Waals surface area contributed by atoms with Gasteiger partial charge in [0.05, 0.1) is 37.4 Å². The number of phenolic OH excluding ortho intramolecular Hbond substituents is 1. The van der Waals surface area contributed by atoms with Gasteiger partial charge in [-0.15, -0.1) is 0 Å². The molecule has 3 fully saturated rings. The zero-order valence-corrected chi connectivity index (χ0v) is 28.8. The zero-order chi connectivity index (χ0) is 35.2. The molecule has 49 heavy (non-hydrogen) atoms. The fourth-order valence-electron chi connectivity index (χ4n) is 8.25. The Bertz CT molecular complexity index is 1580. The van der Waals surface area contributed by atoms with E-state index < -0.39 is 76.0 Å². The van der Waals surface area contributed by atoms with Gasteiger partial charge in [-0.25, -0.2) is 0 Å². The monoisotopic (exact) mass is 699 g/mol. The second-order valence-corrected chi connectivity index (χ2v) is 15.0. The van der Waals surface area contributed by atoms with Crippen molar-refractivity contribution in [3.63, 3.8) is 0 Å². The number of aromatic hydroxyl groups is 1. The molecule has 6 atom stereocenters. The molecule has 4 aliphatic carbocycles. The lowest BCUT2D eigenvalue weighted by Crippen LogP contribution is -2.71. The number of amides is 1. The Morgan fingerprint density at radius 1 is 1.12 bits per heavy atom. The van der Waals surface area contributed by atoms with Crippen molar-refractivity contribution in [2.24, 2.45) is 11.8 Å². The Morgan fingerprint density at radius 2 is 1.82 bits per heavy atom. The Morgan fingerprint density at radius 3 is 2.47 bits per heavy atom. The topological polar surface area (TPSA) is 186 Å². The van der Waals surface area contributed by atoms with Crippen LogP contribution in [0.2, 0.25) is 0 Å². The number of hydrogen-bond donors (Lipinski definition) is 5. The van der Waals surface area contributed by atoms with Crippen LogP contribution < -0.4 is 5.32 Å². The number of aliphatic hydroxyl groups excluding tert-OH is 2. The van der Waals surface area contributed by atoms with Crippen molar-refractivity contribution in [1.82, 2.24) is 15.1 Å². The second kappa shape index (κ2) is 14.1. The summed E-state index contributed by atoms with van der Waals surface area (Å²) in [6.07, 6.45) is 2.77. The van der Waals surface area contributed by atoms with Crippen molar-refractivity contribution in [2.45, 2.75) is 67.9 Å². The number of hydrogen-bond acceptors (Lipinski definition) is 13. The molecule has 0 unspecified atom stereocenters. The summed E-state index contributed by atoms with van der Waals surface area (Å²) in [5, 5.41) is 50.2. The van der Waals surface area contributed by atoms with Crippen LogP contribution in [-0.2, 0) is 28.7 Å². The number of phenols is 1. The number of rotatable bonds is 9. The van der Waals surface area contributed by atoms with Crippen LogP contribution >= 0.6 is 11.8 Å². The number of nitrogens with one attached hydrogen (secondary N) is 1. The van der Waals surface area contributed by atoms with Crippen molar-refractivity contribution >= 4 is 41.0 Å². The van der Waals surface area contributed by atoms with E-state index in [-0.39, 0.29) is 30.0 Å². The van der Waals surface area contributed by atoms with Crippen molar-refractivity contribution < 1.29 is 49.1 Å². The molecule has 1 saturated heterocycles. The predicted molar refractivity (Wildman–Crippen MR) is 180 cm³/mol. The molecule has 13 nitrogen and oxygen atoms in total. The maximum atomic E-state index is 14.8. The van der Waals surface area contributed by atoms with E-state index in [4.69, 9.17) is 9.47 Å². The number of thioether (sulfide) groups is 1. The third-order valence-corrected chi connectivity index (χ3v) is 12.2. The third-order valence-electron chi connectivity index (χ3n) is 10.7. The molecular formula is C35H45N3O10S. The Balaban J connectivity index is 1.52. The summed E-state index contributed by atoms with van der Waals surface area (Å²) >= 11 is 1.70. The van der Waals surface area contributed by atoms with Crippen LogP contribution in [0.5, 0.6) is 5.75 Å². The molecule has 1 amide bonds. The number of nitrogens with zero attached hydrogens (tertiary/aromatic N) is 2. The van der Waals surface area contributed by atoms with E-state index in [1.54, 1.807) is 44.9 Å². The average molecular weight is 700 g/mol. The van der Waals surface area contributed by atoms with Crippen LogP contribution in [0, 0.1) is 11.8 Å². The fraction of sp³-hybridized carbons (Fsp3) is 0.600. The number of esters is 1. The largest absolute Gasteiger partial charge is 0.508 e. The number of likely N-dealkylation sites (N-methyl/N-ethyl adjacent to an activating group) is 1. The summed E-state index contributed by atoms with van der Waals surface area (Å²) in [7, 11) is 3.09. The van der Waals surface area contributed by atoms with Gasteiger partial charge >= 0.3 is 5.97 Å². The number of aliphatic hydroxyl groups is 3. The molecule has 266 valence electrons. The smallest absolute Gasteiger partial charge is 0.305 e.